The maximum atomic E-state index is 5.37. The van der Waals surface area contributed by atoms with E-state index < -0.39 is 0 Å². The Morgan fingerprint density at radius 1 is 1.14 bits per heavy atom. The van der Waals surface area contributed by atoms with E-state index in [9.17, 15) is 0 Å². The molecule has 0 aromatic rings. The van der Waals surface area contributed by atoms with Gasteiger partial charge in [0.05, 0.1) is 0 Å². The Morgan fingerprint density at radius 2 is 1.93 bits per heavy atom. The molecule has 2 fully saturated rings. The Morgan fingerprint density at radius 3 is 2.64 bits per heavy atom. The van der Waals surface area contributed by atoms with Crippen LogP contribution in [-0.2, 0) is 0 Å². The molecular weight excluding hydrogens is 172 g/mol. The molecule has 1 spiro atoms. The van der Waals surface area contributed by atoms with Gasteiger partial charge in [0.25, 0.3) is 0 Å². The molecule has 80 valence electrons. The van der Waals surface area contributed by atoms with Crippen molar-refractivity contribution in [3.05, 3.63) is 12.3 Å². The first-order chi connectivity index (χ1) is 6.85. The standard InChI is InChI=1S/C12H22N2/c13-8-4-9-14-10-7-12(11-14)5-2-1-3-6-12/h4,8H,1-3,5-7,9-11,13H2. The fraction of sp³-hybridized carbons (Fsp3) is 0.833. The van der Waals surface area contributed by atoms with Crippen LogP contribution in [0.3, 0.4) is 0 Å². The smallest absolute Gasteiger partial charge is 0.0180 e. The van der Waals surface area contributed by atoms with Crippen molar-refractivity contribution in [2.45, 2.75) is 38.5 Å². The summed E-state index contributed by atoms with van der Waals surface area (Å²) >= 11 is 0. The van der Waals surface area contributed by atoms with Crippen molar-refractivity contribution in [3.8, 4) is 0 Å². The molecule has 2 aliphatic rings. The first-order valence-corrected chi connectivity index (χ1v) is 5.94. The molecule has 1 saturated carbocycles. The minimum Gasteiger partial charge on any atom is -0.405 e. The van der Waals surface area contributed by atoms with E-state index in [2.05, 4.69) is 11.0 Å². The number of rotatable bonds is 2. The quantitative estimate of drug-likeness (QED) is 0.729. The molecule has 14 heavy (non-hydrogen) atoms. The van der Waals surface area contributed by atoms with Crippen LogP contribution in [0.4, 0.5) is 0 Å². The van der Waals surface area contributed by atoms with Crippen molar-refractivity contribution in [3.63, 3.8) is 0 Å². The molecule has 1 saturated heterocycles. The fourth-order valence-corrected chi connectivity index (χ4v) is 3.10. The maximum absolute atomic E-state index is 5.37. The van der Waals surface area contributed by atoms with Crippen LogP contribution in [-0.4, -0.2) is 24.5 Å². The highest BCUT2D eigenvalue weighted by atomic mass is 15.1. The number of nitrogens with two attached hydrogens (primary N) is 1. The van der Waals surface area contributed by atoms with Crippen LogP contribution in [0.15, 0.2) is 12.3 Å². The summed E-state index contributed by atoms with van der Waals surface area (Å²) in [5.74, 6) is 0. The number of nitrogens with zero attached hydrogens (tertiary/aromatic N) is 1. The van der Waals surface area contributed by atoms with Crippen LogP contribution in [0.2, 0.25) is 0 Å². The highest BCUT2D eigenvalue weighted by Gasteiger charge is 2.37. The topological polar surface area (TPSA) is 29.3 Å². The summed E-state index contributed by atoms with van der Waals surface area (Å²) in [5, 5.41) is 0. The van der Waals surface area contributed by atoms with E-state index >= 15 is 0 Å². The molecule has 2 nitrogen and oxygen atoms in total. The van der Waals surface area contributed by atoms with Crippen LogP contribution in [0.1, 0.15) is 38.5 Å². The molecule has 2 heteroatoms. The molecule has 1 aliphatic heterocycles. The molecule has 0 atom stereocenters. The second kappa shape index (κ2) is 4.35. The highest BCUT2D eigenvalue weighted by molar-refractivity contribution is 4.94. The Bertz CT molecular complexity index is 204. The average Bonchev–Trinajstić information content (AvgIpc) is 2.60. The van der Waals surface area contributed by atoms with Gasteiger partial charge in [-0.3, -0.25) is 4.90 Å². The zero-order valence-corrected chi connectivity index (χ0v) is 9.04. The Hall–Kier alpha value is -0.500. The minimum absolute atomic E-state index is 0.695. The van der Waals surface area contributed by atoms with Gasteiger partial charge in [-0.25, -0.2) is 0 Å². The lowest BCUT2D eigenvalue weighted by molar-refractivity contribution is 0.191. The van der Waals surface area contributed by atoms with E-state index in [0.29, 0.717) is 5.41 Å². The van der Waals surface area contributed by atoms with Gasteiger partial charge in [0.1, 0.15) is 0 Å². The summed E-state index contributed by atoms with van der Waals surface area (Å²) < 4.78 is 0. The Labute approximate surface area is 87.2 Å². The van der Waals surface area contributed by atoms with Crippen LogP contribution in [0.5, 0.6) is 0 Å². The SMILES string of the molecule is NC=CCN1CCC2(CCCCC2)C1. The van der Waals surface area contributed by atoms with E-state index in [1.807, 2.05) is 0 Å². The fourth-order valence-electron chi connectivity index (χ4n) is 3.10. The third-order valence-electron chi connectivity index (χ3n) is 3.93. The lowest BCUT2D eigenvalue weighted by atomic mass is 9.73. The molecule has 0 bridgehead atoms. The molecule has 2 rings (SSSR count). The maximum Gasteiger partial charge on any atom is 0.0180 e. The predicted molar refractivity (Wildman–Crippen MR) is 59.9 cm³/mol. The Balaban J connectivity index is 1.86. The van der Waals surface area contributed by atoms with Crippen LogP contribution in [0, 0.1) is 5.41 Å². The third kappa shape index (κ3) is 2.11. The highest BCUT2D eigenvalue weighted by Crippen LogP contribution is 2.43. The number of likely N-dealkylation sites (tertiary alicyclic amines) is 1. The van der Waals surface area contributed by atoms with Gasteiger partial charge >= 0.3 is 0 Å². The second-order valence-corrected chi connectivity index (χ2v) is 4.97. The lowest BCUT2D eigenvalue weighted by Gasteiger charge is -2.33. The normalized spacial score (nSPS) is 27.7. The van der Waals surface area contributed by atoms with E-state index in [1.165, 1.54) is 51.6 Å². The van der Waals surface area contributed by atoms with Crippen molar-refractivity contribution in [2.24, 2.45) is 11.1 Å². The molecular formula is C12H22N2. The molecule has 0 radical (unpaired) electrons. The third-order valence-corrected chi connectivity index (χ3v) is 3.93. The van der Waals surface area contributed by atoms with Crippen molar-refractivity contribution in [1.29, 1.82) is 0 Å². The second-order valence-electron chi connectivity index (χ2n) is 4.97. The summed E-state index contributed by atoms with van der Waals surface area (Å²) in [7, 11) is 0. The first-order valence-electron chi connectivity index (χ1n) is 5.94. The van der Waals surface area contributed by atoms with Gasteiger partial charge < -0.3 is 5.73 Å². The van der Waals surface area contributed by atoms with Crippen molar-refractivity contribution < 1.29 is 0 Å². The van der Waals surface area contributed by atoms with Crippen LogP contribution < -0.4 is 5.73 Å². The lowest BCUT2D eigenvalue weighted by Crippen LogP contribution is -2.29. The summed E-state index contributed by atoms with van der Waals surface area (Å²) in [5.41, 5.74) is 6.06. The van der Waals surface area contributed by atoms with Crippen LogP contribution >= 0.6 is 0 Å². The summed E-state index contributed by atoms with van der Waals surface area (Å²) in [4.78, 5) is 2.55. The van der Waals surface area contributed by atoms with Crippen molar-refractivity contribution >= 4 is 0 Å². The van der Waals surface area contributed by atoms with Crippen molar-refractivity contribution in [2.75, 3.05) is 19.6 Å². The number of hydrogen-bond acceptors (Lipinski definition) is 2. The van der Waals surface area contributed by atoms with Gasteiger partial charge in [-0.15, -0.1) is 0 Å². The molecule has 0 unspecified atom stereocenters. The first kappa shape index (κ1) is 10.0. The zero-order valence-electron chi connectivity index (χ0n) is 9.04. The molecule has 2 N–H and O–H groups in total. The summed E-state index contributed by atoms with van der Waals surface area (Å²) in [6.07, 6.45) is 12.5. The predicted octanol–water partition coefficient (Wildman–Crippen LogP) is 2.11. The van der Waals surface area contributed by atoms with Gasteiger partial charge in [0.2, 0.25) is 0 Å². The summed E-state index contributed by atoms with van der Waals surface area (Å²) in [6.45, 7) is 3.65. The summed E-state index contributed by atoms with van der Waals surface area (Å²) in [6, 6.07) is 0. The van der Waals surface area contributed by atoms with E-state index in [1.54, 1.807) is 6.20 Å². The van der Waals surface area contributed by atoms with E-state index in [4.69, 9.17) is 5.73 Å². The minimum atomic E-state index is 0.695. The molecule has 1 aliphatic carbocycles. The molecule has 0 aromatic heterocycles. The van der Waals surface area contributed by atoms with E-state index in [0.717, 1.165) is 6.54 Å². The van der Waals surface area contributed by atoms with E-state index in [-0.39, 0.29) is 0 Å². The largest absolute Gasteiger partial charge is 0.405 e. The Kier molecular flexibility index (Phi) is 3.12. The van der Waals surface area contributed by atoms with Gasteiger partial charge in [-0.05, 0) is 37.4 Å². The molecule has 0 amide bonds. The van der Waals surface area contributed by atoms with Gasteiger partial charge in [-0.2, -0.15) is 0 Å². The monoisotopic (exact) mass is 194 g/mol. The molecule has 0 aromatic carbocycles. The van der Waals surface area contributed by atoms with Crippen LogP contribution in [0.25, 0.3) is 0 Å². The molecule has 1 heterocycles. The van der Waals surface area contributed by atoms with Gasteiger partial charge in [0, 0.05) is 13.1 Å². The number of hydrogen-bond donors (Lipinski definition) is 1. The van der Waals surface area contributed by atoms with Gasteiger partial charge in [-0.1, -0.05) is 25.3 Å². The zero-order chi connectivity index (χ0) is 9.86. The van der Waals surface area contributed by atoms with Crippen molar-refractivity contribution in [1.82, 2.24) is 4.90 Å². The van der Waals surface area contributed by atoms with Gasteiger partial charge in [0.15, 0.2) is 0 Å². The average molecular weight is 194 g/mol.